The van der Waals surface area contributed by atoms with Gasteiger partial charge in [0.2, 0.25) is 0 Å². The number of nitrogens with zero attached hydrogens (tertiary/aromatic N) is 1. The quantitative estimate of drug-likeness (QED) is 0.461. The number of carboxylic acid groups (broad SMARTS) is 1. The number of nitrogens with two attached hydrogens (primary N) is 1. The van der Waals surface area contributed by atoms with Crippen molar-refractivity contribution in [3.63, 3.8) is 0 Å². The van der Waals surface area contributed by atoms with Crippen molar-refractivity contribution in [2.45, 2.75) is 0 Å². The van der Waals surface area contributed by atoms with Crippen molar-refractivity contribution in [3.05, 3.63) is 0 Å². The number of aliphatic carboxylic acids is 1. The first-order chi connectivity index (χ1) is 4.13. The molecule has 0 atom stereocenters. The van der Waals surface area contributed by atoms with Crippen LogP contribution in [0.25, 0.3) is 0 Å². The van der Waals surface area contributed by atoms with Crippen LogP contribution < -0.4 is 5.73 Å². The molecule has 0 spiro atoms. The standard InChI is InChI=1S/C4H6N2O3/c5-3(7)1-6-2-4(8)9/h1H,2H2,(H2,5,7)(H,8,9)/b6-1-. The van der Waals surface area contributed by atoms with Crippen LogP contribution in [0.1, 0.15) is 0 Å². The summed E-state index contributed by atoms with van der Waals surface area (Å²) in [6.07, 6.45) is 0.772. The number of amides is 1. The van der Waals surface area contributed by atoms with E-state index in [1.165, 1.54) is 0 Å². The van der Waals surface area contributed by atoms with Gasteiger partial charge in [-0.2, -0.15) is 0 Å². The molecule has 1 amide bonds. The molecule has 0 fully saturated rings. The van der Waals surface area contributed by atoms with Crippen molar-refractivity contribution in [1.82, 2.24) is 0 Å². The molecule has 5 nitrogen and oxygen atoms in total. The molecule has 0 saturated carbocycles. The predicted molar refractivity (Wildman–Crippen MR) is 30.2 cm³/mol. The van der Waals surface area contributed by atoms with E-state index in [1.54, 1.807) is 0 Å². The van der Waals surface area contributed by atoms with Gasteiger partial charge < -0.3 is 10.8 Å². The molecule has 0 rings (SSSR count). The van der Waals surface area contributed by atoms with Gasteiger partial charge in [-0.05, 0) is 0 Å². The lowest BCUT2D eigenvalue weighted by molar-refractivity contribution is -0.135. The second-order valence-electron chi connectivity index (χ2n) is 1.27. The number of carbonyl (C=O) groups excluding carboxylic acids is 1. The Morgan fingerprint density at radius 3 is 2.56 bits per heavy atom. The van der Waals surface area contributed by atoms with Crippen LogP contribution in [0.5, 0.6) is 0 Å². The minimum atomic E-state index is -1.09. The van der Waals surface area contributed by atoms with E-state index in [9.17, 15) is 9.59 Å². The highest BCUT2D eigenvalue weighted by Gasteiger charge is 1.90. The maximum atomic E-state index is 9.86. The summed E-state index contributed by atoms with van der Waals surface area (Å²) >= 11 is 0. The van der Waals surface area contributed by atoms with Crippen LogP contribution in [0.2, 0.25) is 0 Å². The summed E-state index contributed by atoms with van der Waals surface area (Å²) in [5.41, 5.74) is 4.60. The molecule has 0 aliphatic heterocycles. The Morgan fingerprint density at radius 2 is 2.22 bits per heavy atom. The van der Waals surface area contributed by atoms with Crippen LogP contribution in [-0.2, 0) is 9.59 Å². The van der Waals surface area contributed by atoms with Crippen molar-refractivity contribution in [1.29, 1.82) is 0 Å². The van der Waals surface area contributed by atoms with Gasteiger partial charge in [-0.3, -0.25) is 14.6 Å². The zero-order valence-electron chi connectivity index (χ0n) is 4.57. The summed E-state index contributed by atoms with van der Waals surface area (Å²) in [5, 5.41) is 7.96. The number of aliphatic imine (C=N–C) groups is 1. The van der Waals surface area contributed by atoms with Crippen LogP contribution in [-0.4, -0.2) is 29.7 Å². The van der Waals surface area contributed by atoms with E-state index in [1.807, 2.05) is 0 Å². The summed E-state index contributed by atoms with van der Waals surface area (Å²) in [7, 11) is 0. The average Bonchev–Trinajstić information content (AvgIpc) is 1.63. The van der Waals surface area contributed by atoms with Gasteiger partial charge in [0.25, 0.3) is 5.91 Å². The molecule has 9 heavy (non-hydrogen) atoms. The summed E-state index contributed by atoms with van der Waals surface area (Å²) in [6.45, 7) is -0.414. The number of primary amides is 1. The van der Waals surface area contributed by atoms with Crippen molar-refractivity contribution in [3.8, 4) is 0 Å². The van der Waals surface area contributed by atoms with Crippen LogP contribution in [0.4, 0.5) is 0 Å². The summed E-state index contributed by atoms with van der Waals surface area (Å²) in [4.78, 5) is 22.7. The minimum Gasteiger partial charge on any atom is -0.480 e. The number of carboxylic acids is 1. The number of hydrogen-bond acceptors (Lipinski definition) is 3. The Morgan fingerprint density at radius 1 is 1.67 bits per heavy atom. The van der Waals surface area contributed by atoms with Gasteiger partial charge in [0.05, 0.1) is 6.21 Å². The number of carbonyl (C=O) groups is 2. The van der Waals surface area contributed by atoms with Crippen molar-refractivity contribution >= 4 is 18.1 Å². The van der Waals surface area contributed by atoms with Crippen LogP contribution in [0.15, 0.2) is 4.99 Å². The molecule has 0 unspecified atom stereocenters. The van der Waals surface area contributed by atoms with Crippen LogP contribution >= 0.6 is 0 Å². The molecule has 0 saturated heterocycles. The predicted octanol–water partition coefficient (Wildman–Crippen LogP) is -1.37. The van der Waals surface area contributed by atoms with E-state index in [0.717, 1.165) is 6.21 Å². The van der Waals surface area contributed by atoms with E-state index in [-0.39, 0.29) is 0 Å². The van der Waals surface area contributed by atoms with Crippen molar-refractivity contribution in [2.24, 2.45) is 10.7 Å². The molecule has 0 radical (unpaired) electrons. The third-order valence-electron chi connectivity index (χ3n) is 0.445. The van der Waals surface area contributed by atoms with Crippen molar-refractivity contribution < 1.29 is 14.7 Å². The molecular formula is C4H6N2O3. The molecule has 0 heterocycles. The lowest BCUT2D eigenvalue weighted by atomic mass is 10.6. The molecule has 0 bridgehead atoms. The van der Waals surface area contributed by atoms with Crippen molar-refractivity contribution in [2.75, 3.05) is 6.54 Å². The van der Waals surface area contributed by atoms with Gasteiger partial charge in [-0.15, -0.1) is 0 Å². The average molecular weight is 130 g/mol. The maximum absolute atomic E-state index is 9.86. The molecule has 0 aliphatic carbocycles. The fraction of sp³-hybridized carbons (Fsp3) is 0.250. The van der Waals surface area contributed by atoms with Gasteiger partial charge in [-0.1, -0.05) is 0 Å². The van der Waals surface area contributed by atoms with E-state index in [4.69, 9.17) is 5.11 Å². The molecule has 0 aromatic carbocycles. The second-order valence-corrected chi connectivity index (χ2v) is 1.27. The molecular weight excluding hydrogens is 124 g/mol. The van der Waals surface area contributed by atoms with Gasteiger partial charge >= 0.3 is 5.97 Å². The Bertz CT molecular complexity index is 152. The molecule has 5 heteroatoms. The fourth-order valence-electron chi connectivity index (χ4n) is 0.214. The Labute approximate surface area is 51.2 Å². The molecule has 3 N–H and O–H groups in total. The normalized spacial score (nSPS) is 9.78. The zero-order valence-corrected chi connectivity index (χ0v) is 4.57. The number of hydrogen-bond donors (Lipinski definition) is 2. The Hall–Kier alpha value is -1.39. The first-order valence-corrected chi connectivity index (χ1v) is 2.14. The van der Waals surface area contributed by atoms with Crippen LogP contribution in [0, 0.1) is 0 Å². The molecule has 0 aromatic heterocycles. The van der Waals surface area contributed by atoms with Gasteiger partial charge in [-0.25, -0.2) is 0 Å². The largest absolute Gasteiger partial charge is 0.480 e. The summed E-state index contributed by atoms with van der Waals surface area (Å²) in [6, 6.07) is 0. The van der Waals surface area contributed by atoms with E-state index in [2.05, 4.69) is 10.7 Å². The lowest BCUT2D eigenvalue weighted by Crippen LogP contribution is -2.12. The number of rotatable bonds is 3. The highest BCUT2D eigenvalue weighted by Crippen LogP contribution is 1.65. The molecule has 0 aliphatic rings. The zero-order chi connectivity index (χ0) is 7.28. The lowest BCUT2D eigenvalue weighted by Gasteiger charge is -1.81. The third kappa shape index (κ3) is 6.61. The second kappa shape index (κ2) is 3.59. The van der Waals surface area contributed by atoms with Gasteiger partial charge in [0.1, 0.15) is 6.54 Å². The Kier molecular flexibility index (Phi) is 3.04. The molecule has 0 aromatic rings. The highest BCUT2D eigenvalue weighted by molar-refractivity contribution is 6.25. The van der Waals surface area contributed by atoms with Gasteiger partial charge in [0, 0.05) is 0 Å². The summed E-state index contributed by atoms with van der Waals surface area (Å²) in [5.74, 6) is -1.83. The van der Waals surface area contributed by atoms with E-state index < -0.39 is 18.4 Å². The Balaban J connectivity index is 3.48. The SMILES string of the molecule is NC(=O)/C=N\CC(=O)O. The molecule has 50 valence electrons. The first kappa shape index (κ1) is 7.61. The highest BCUT2D eigenvalue weighted by atomic mass is 16.4. The monoisotopic (exact) mass is 130 g/mol. The van der Waals surface area contributed by atoms with E-state index >= 15 is 0 Å². The van der Waals surface area contributed by atoms with E-state index in [0.29, 0.717) is 0 Å². The smallest absolute Gasteiger partial charge is 0.325 e. The van der Waals surface area contributed by atoms with Gasteiger partial charge in [0.15, 0.2) is 0 Å². The first-order valence-electron chi connectivity index (χ1n) is 2.14. The topological polar surface area (TPSA) is 92.8 Å². The third-order valence-corrected chi connectivity index (χ3v) is 0.445. The van der Waals surface area contributed by atoms with Crippen LogP contribution in [0.3, 0.4) is 0 Å². The fourth-order valence-corrected chi connectivity index (χ4v) is 0.214. The summed E-state index contributed by atoms with van der Waals surface area (Å²) < 4.78 is 0. The minimum absolute atomic E-state index is 0.414. The maximum Gasteiger partial charge on any atom is 0.325 e.